The van der Waals surface area contributed by atoms with E-state index in [-0.39, 0.29) is 6.04 Å². The van der Waals surface area contributed by atoms with E-state index in [1.54, 1.807) is 6.08 Å². The van der Waals surface area contributed by atoms with Crippen LogP contribution in [0.5, 0.6) is 0 Å². The second kappa shape index (κ2) is 2.73. The van der Waals surface area contributed by atoms with Gasteiger partial charge in [-0.15, -0.1) is 6.58 Å². The zero-order valence-electron chi connectivity index (χ0n) is 5.79. The van der Waals surface area contributed by atoms with Crippen LogP contribution in [0.4, 0.5) is 4.79 Å². The Balaban J connectivity index is 2.58. The second-order valence-electron chi connectivity index (χ2n) is 2.42. The van der Waals surface area contributed by atoms with Gasteiger partial charge in [0.2, 0.25) is 0 Å². The van der Waals surface area contributed by atoms with Crippen molar-refractivity contribution in [3.05, 3.63) is 12.7 Å². The monoisotopic (exact) mass is 141 g/mol. The maximum Gasteiger partial charge on any atom is 0.407 e. The van der Waals surface area contributed by atoms with Gasteiger partial charge in [-0.2, -0.15) is 0 Å². The van der Waals surface area contributed by atoms with Gasteiger partial charge in [0.15, 0.2) is 0 Å². The van der Waals surface area contributed by atoms with Gasteiger partial charge in [-0.1, -0.05) is 6.08 Å². The van der Waals surface area contributed by atoms with Crippen molar-refractivity contribution >= 4 is 6.09 Å². The van der Waals surface area contributed by atoms with Crippen LogP contribution in [0.25, 0.3) is 0 Å². The Kier molecular flexibility index (Phi) is 1.94. The number of rotatable bonds is 1. The van der Waals surface area contributed by atoms with Crippen LogP contribution in [0.1, 0.15) is 12.8 Å². The molecule has 1 saturated heterocycles. The van der Waals surface area contributed by atoms with Crippen molar-refractivity contribution < 1.29 is 9.90 Å². The number of carbonyl (C=O) groups is 1. The number of hydrogen-bond donors (Lipinski definition) is 1. The first-order valence-corrected chi connectivity index (χ1v) is 3.38. The molecule has 1 unspecified atom stereocenters. The molecular formula is C7H11NO2. The van der Waals surface area contributed by atoms with E-state index < -0.39 is 6.09 Å². The third-order valence-corrected chi connectivity index (χ3v) is 1.82. The molecule has 0 bridgehead atoms. The molecule has 56 valence electrons. The van der Waals surface area contributed by atoms with Gasteiger partial charge in [0.05, 0.1) is 6.04 Å². The quantitative estimate of drug-likeness (QED) is 0.559. The normalized spacial score (nSPS) is 24.8. The highest BCUT2D eigenvalue weighted by Crippen LogP contribution is 2.17. The Morgan fingerprint density at radius 3 is 2.90 bits per heavy atom. The molecule has 0 spiro atoms. The molecule has 1 amide bonds. The summed E-state index contributed by atoms with van der Waals surface area (Å²) in [5.74, 6) is 0. The molecule has 3 nitrogen and oxygen atoms in total. The summed E-state index contributed by atoms with van der Waals surface area (Å²) in [4.78, 5) is 11.9. The highest BCUT2D eigenvalue weighted by atomic mass is 16.4. The van der Waals surface area contributed by atoms with Crippen LogP contribution in [-0.4, -0.2) is 28.7 Å². The molecule has 1 aliphatic rings. The molecule has 1 fully saturated rings. The van der Waals surface area contributed by atoms with Crippen LogP contribution in [0, 0.1) is 0 Å². The average molecular weight is 141 g/mol. The molecule has 1 aliphatic heterocycles. The summed E-state index contributed by atoms with van der Waals surface area (Å²) in [7, 11) is 0. The second-order valence-corrected chi connectivity index (χ2v) is 2.42. The molecule has 1 heterocycles. The largest absolute Gasteiger partial charge is 0.465 e. The van der Waals surface area contributed by atoms with Gasteiger partial charge in [-0.25, -0.2) is 4.79 Å². The zero-order chi connectivity index (χ0) is 7.56. The van der Waals surface area contributed by atoms with Crippen LogP contribution in [0.15, 0.2) is 12.7 Å². The number of amides is 1. The Morgan fingerprint density at radius 1 is 1.80 bits per heavy atom. The van der Waals surface area contributed by atoms with E-state index in [4.69, 9.17) is 5.11 Å². The molecule has 1 N–H and O–H groups in total. The predicted octanol–water partition coefficient (Wildman–Crippen LogP) is 1.31. The van der Waals surface area contributed by atoms with Crippen LogP contribution in [0.3, 0.4) is 0 Å². The number of hydrogen-bond acceptors (Lipinski definition) is 1. The number of carboxylic acid groups (broad SMARTS) is 1. The minimum Gasteiger partial charge on any atom is -0.465 e. The highest BCUT2D eigenvalue weighted by molar-refractivity contribution is 5.66. The van der Waals surface area contributed by atoms with Crippen LogP contribution in [0.2, 0.25) is 0 Å². The van der Waals surface area contributed by atoms with Crippen molar-refractivity contribution in [3.8, 4) is 0 Å². The van der Waals surface area contributed by atoms with Gasteiger partial charge in [0, 0.05) is 6.54 Å². The Bertz CT molecular complexity index is 156. The Labute approximate surface area is 59.9 Å². The Hall–Kier alpha value is -0.990. The standard InChI is InChI=1S/C7H11NO2/c1-2-6-4-3-5-8(6)7(9)10/h2,6H,1,3-5H2,(H,9,10). The Morgan fingerprint density at radius 2 is 2.50 bits per heavy atom. The van der Waals surface area contributed by atoms with Gasteiger partial charge < -0.3 is 10.0 Å². The third-order valence-electron chi connectivity index (χ3n) is 1.82. The van der Waals surface area contributed by atoms with Crippen molar-refractivity contribution in [2.75, 3.05) is 6.54 Å². The van der Waals surface area contributed by atoms with E-state index in [0.29, 0.717) is 6.54 Å². The fourth-order valence-corrected chi connectivity index (χ4v) is 1.28. The number of nitrogens with zero attached hydrogens (tertiary/aromatic N) is 1. The minimum atomic E-state index is -0.831. The van der Waals surface area contributed by atoms with E-state index in [2.05, 4.69) is 6.58 Å². The van der Waals surface area contributed by atoms with Gasteiger partial charge in [0.1, 0.15) is 0 Å². The van der Waals surface area contributed by atoms with E-state index in [9.17, 15) is 4.79 Å². The van der Waals surface area contributed by atoms with Crippen molar-refractivity contribution in [3.63, 3.8) is 0 Å². The maximum atomic E-state index is 10.4. The first kappa shape index (κ1) is 7.12. The first-order chi connectivity index (χ1) is 4.75. The molecule has 10 heavy (non-hydrogen) atoms. The van der Waals surface area contributed by atoms with Crippen molar-refractivity contribution in [1.29, 1.82) is 0 Å². The highest BCUT2D eigenvalue weighted by Gasteiger charge is 2.25. The lowest BCUT2D eigenvalue weighted by atomic mass is 10.2. The summed E-state index contributed by atoms with van der Waals surface area (Å²) in [5, 5.41) is 8.59. The maximum absolute atomic E-state index is 10.4. The lowest BCUT2D eigenvalue weighted by Crippen LogP contribution is -2.32. The average Bonchev–Trinajstić information content (AvgIpc) is 2.33. The molecule has 0 aromatic heterocycles. The van der Waals surface area contributed by atoms with Crippen LogP contribution in [-0.2, 0) is 0 Å². The molecule has 0 aromatic rings. The summed E-state index contributed by atoms with van der Waals surface area (Å²) in [6.07, 6.45) is 2.75. The molecule has 0 aromatic carbocycles. The summed E-state index contributed by atoms with van der Waals surface area (Å²) < 4.78 is 0. The lowest BCUT2D eigenvalue weighted by molar-refractivity contribution is 0.147. The van der Waals surface area contributed by atoms with Crippen molar-refractivity contribution in [2.45, 2.75) is 18.9 Å². The first-order valence-electron chi connectivity index (χ1n) is 3.38. The number of likely N-dealkylation sites (tertiary alicyclic amines) is 1. The fraction of sp³-hybridized carbons (Fsp3) is 0.571. The predicted molar refractivity (Wildman–Crippen MR) is 37.9 cm³/mol. The third kappa shape index (κ3) is 1.12. The van der Waals surface area contributed by atoms with Crippen LogP contribution < -0.4 is 0 Å². The van der Waals surface area contributed by atoms with Crippen LogP contribution >= 0.6 is 0 Å². The summed E-state index contributed by atoms with van der Waals surface area (Å²) in [5.41, 5.74) is 0. The molecule has 0 aliphatic carbocycles. The molecule has 3 heteroatoms. The van der Waals surface area contributed by atoms with Gasteiger partial charge >= 0.3 is 6.09 Å². The van der Waals surface area contributed by atoms with E-state index in [1.165, 1.54) is 4.90 Å². The van der Waals surface area contributed by atoms with Crippen molar-refractivity contribution in [2.24, 2.45) is 0 Å². The van der Waals surface area contributed by atoms with Gasteiger partial charge in [0.25, 0.3) is 0 Å². The van der Waals surface area contributed by atoms with Gasteiger partial charge in [-0.3, -0.25) is 0 Å². The molecule has 0 radical (unpaired) electrons. The molecule has 0 saturated carbocycles. The topological polar surface area (TPSA) is 40.5 Å². The summed E-state index contributed by atoms with van der Waals surface area (Å²) >= 11 is 0. The smallest absolute Gasteiger partial charge is 0.407 e. The molecule has 1 rings (SSSR count). The fourth-order valence-electron chi connectivity index (χ4n) is 1.28. The van der Waals surface area contributed by atoms with E-state index >= 15 is 0 Å². The lowest BCUT2D eigenvalue weighted by Gasteiger charge is -2.17. The minimum absolute atomic E-state index is 0.0532. The summed E-state index contributed by atoms with van der Waals surface area (Å²) in [6.45, 7) is 4.23. The summed E-state index contributed by atoms with van der Waals surface area (Å²) in [6, 6.07) is 0.0532. The van der Waals surface area contributed by atoms with E-state index in [0.717, 1.165) is 12.8 Å². The van der Waals surface area contributed by atoms with E-state index in [1.807, 2.05) is 0 Å². The van der Waals surface area contributed by atoms with Crippen molar-refractivity contribution in [1.82, 2.24) is 4.90 Å². The zero-order valence-corrected chi connectivity index (χ0v) is 5.79. The molecular weight excluding hydrogens is 130 g/mol. The van der Waals surface area contributed by atoms with Gasteiger partial charge in [-0.05, 0) is 12.8 Å². The molecule has 1 atom stereocenters. The SMILES string of the molecule is C=CC1CCCN1C(=O)O.